The molecule has 0 unspecified atom stereocenters. The lowest BCUT2D eigenvalue weighted by atomic mass is 10.0. The summed E-state index contributed by atoms with van der Waals surface area (Å²) in [5.41, 5.74) is 3.43. The van der Waals surface area contributed by atoms with Gasteiger partial charge < -0.3 is 9.15 Å². The largest absolute Gasteiger partial charge is 0.465 e. The van der Waals surface area contributed by atoms with Crippen LogP contribution in [0, 0.1) is 6.92 Å². The summed E-state index contributed by atoms with van der Waals surface area (Å²) in [6.07, 6.45) is 4.46. The summed E-state index contributed by atoms with van der Waals surface area (Å²) in [7, 11) is 0. The summed E-state index contributed by atoms with van der Waals surface area (Å²) in [6.45, 7) is 2.06. The van der Waals surface area contributed by atoms with Gasteiger partial charge >= 0.3 is 5.97 Å². The lowest BCUT2D eigenvalue weighted by molar-refractivity contribution is -0.128. The maximum atomic E-state index is 11.7. The van der Waals surface area contributed by atoms with Gasteiger partial charge in [0.05, 0.1) is 6.26 Å². The highest BCUT2D eigenvalue weighted by Gasteiger charge is 2.02. The van der Waals surface area contributed by atoms with E-state index in [-0.39, 0.29) is 0 Å². The molecule has 0 saturated heterocycles. The molecular formula is C20H16O3. The first kappa shape index (κ1) is 14.9. The molecule has 3 nitrogen and oxygen atoms in total. The molecule has 0 amide bonds. The Labute approximate surface area is 134 Å². The van der Waals surface area contributed by atoms with Crippen LogP contribution in [-0.4, -0.2) is 5.97 Å². The molecule has 2 aromatic carbocycles. The molecule has 0 fully saturated rings. The van der Waals surface area contributed by atoms with E-state index in [4.69, 9.17) is 9.15 Å². The second-order valence-corrected chi connectivity index (χ2v) is 5.16. The predicted molar refractivity (Wildman–Crippen MR) is 90.0 cm³/mol. The molecule has 0 aliphatic carbocycles. The molecule has 0 atom stereocenters. The first-order chi connectivity index (χ1) is 11.2. The summed E-state index contributed by atoms with van der Waals surface area (Å²) in [5.74, 6) is 0.677. The van der Waals surface area contributed by atoms with Crippen molar-refractivity contribution in [1.29, 1.82) is 0 Å². The molecular weight excluding hydrogens is 288 g/mol. The van der Waals surface area contributed by atoms with E-state index in [1.165, 1.54) is 11.6 Å². The molecule has 0 bridgehead atoms. The zero-order chi connectivity index (χ0) is 16.1. The Morgan fingerprint density at radius 3 is 2.22 bits per heavy atom. The van der Waals surface area contributed by atoms with Crippen LogP contribution in [0.1, 0.15) is 11.3 Å². The second kappa shape index (κ2) is 6.79. The van der Waals surface area contributed by atoms with Crippen LogP contribution in [0.15, 0.2) is 77.4 Å². The minimum Gasteiger partial charge on any atom is -0.465 e. The number of ether oxygens (including phenoxy) is 1. The van der Waals surface area contributed by atoms with Gasteiger partial charge in [-0.1, -0.05) is 42.0 Å². The summed E-state index contributed by atoms with van der Waals surface area (Å²) < 4.78 is 10.4. The number of furan rings is 1. The van der Waals surface area contributed by atoms with Crippen molar-refractivity contribution in [2.24, 2.45) is 0 Å². The average Bonchev–Trinajstić information content (AvgIpc) is 3.08. The number of hydrogen-bond acceptors (Lipinski definition) is 3. The van der Waals surface area contributed by atoms with E-state index < -0.39 is 5.97 Å². The van der Waals surface area contributed by atoms with E-state index in [9.17, 15) is 4.79 Å². The van der Waals surface area contributed by atoms with Gasteiger partial charge in [-0.2, -0.15) is 0 Å². The maximum Gasteiger partial charge on any atom is 0.336 e. The number of benzene rings is 2. The van der Waals surface area contributed by atoms with Crippen LogP contribution in [0.3, 0.4) is 0 Å². The molecule has 1 heterocycles. The normalized spacial score (nSPS) is 10.8. The molecule has 1 aromatic heterocycles. The number of rotatable bonds is 4. The molecule has 3 rings (SSSR count). The van der Waals surface area contributed by atoms with Crippen molar-refractivity contribution in [1.82, 2.24) is 0 Å². The Morgan fingerprint density at radius 1 is 0.957 bits per heavy atom. The van der Waals surface area contributed by atoms with Crippen molar-refractivity contribution < 1.29 is 13.9 Å². The molecule has 114 valence electrons. The van der Waals surface area contributed by atoms with E-state index in [0.717, 1.165) is 11.1 Å². The highest BCUT2D eigenvalue weighted by molar-refractivity contribution is 5.88. The van der Waals surface area contributed by atoms with Crippen LogP contribution < -0.4 is 4.74 Å². The number of carbonyl (C=O) groups excluding carboxylic acids is 1. The fourth-order valence-corrected chi connectivity index (χ4v) is 2.15. The van der Waals surface area contributed by atoms with E-state index in [1.807, 2.05) is 12.1 Å². The van der Waals surface area contributed by atoms with Crippen molar-refractivity contribution in [2.45, 2.75) is 6.92 Å². The standard InChI is InChI=1S/C20H16O3/c1-15-4-6-16(7-5-15)17-8-10-19(11-9-17)23-20(21)13-12-18-3-2-14-22-18/h2-14H,1H3/b13-12+. The van der Waals surface area contributed by atoms with Gasteiger partial charge in [-0.25, -0.2) is 4.79 Å². The van der Waals surface area contributed by atoms with Crippen molar-refractivity contribution in [3.63, 3.8) is 0 Å². The smallest absolute Gasteiger partial charge is 0.336 e. The number of esters is 1. The molecule has 0 N–H and O–H groups in total. The topological polar surface area (TPSA) is 39.4 Å². The summed E-state index contributed by atoms with van der Waals surface area (Å²) >= 11 is 0. The lowest BCUT2D eigenvalue weighted by Crippen LogP contribution is -2.03. The van der Waals surface area contributed by atoms with Crippen molar-refractivity contribution in [3.8, 4) is 16.9 Å². The van der Waals surface area contributed by atoms with E-state index in [1.54, 1.807) is 36.6 Å². The molecule has 0 saturated carbocycles. The highest BCUT2D eigenvalue weighted by atomic mass is 16.5. The lowest BCUT2D eigenvalue weighted by Gasteiger charge is -2.05. The maximum absolute atomic E-state index is 11.7. The predicted octanol–water partition coefficient (Wildman–Crippen LogP) is 4.87. The third kappa shape index (κ3) is 3.98. The molecule has 23 heavy (non-hydrogen) atoms. The first-order valence-electron chi connectivity index (χ1n) is 7.31. The van der Waals surface area contributed by atoms with Gasteiger partial charge in [0.25, 0.3) is 0 Å². The van der Waals surface area contributed by atoms with Gasteiger partial charge in [0.15, 0.2) is 0 Å². The second-order valence-electron chi connectivity index (χ2n) is 5.16. The Morgan fingerprint density at radius 2 is 1.61 bits per heavy atom. The molecule has 0 aliphatic heterocycles. The molecule has 3 heteroatoms. The fourth-order valence-electron chi connectivity index (χ4n) is 2.15. The van der Waals surface area contributed by atoms with Crippen LogP contribution in [0.4, 0.5) is 0 Å². The highest BCUT2D eigenvalue weighted by Crippen LogP contribution is 2.22. The van der Waals surface area contributed by atoms with Gasteiger partial charge in [-0.3, -0.25) is 0 Å². The Hall–Kier alpha value is -3.07. The summed E-state index contributed by atoms with van der Waals surface area (Å²) in [6, 6.07) is 19.2. The van der Waals surface area contributed by atoms with Gasteiger partial charge in [0.2, 0.25) is 0 Å². The number of hydrogen-bond donors (Lipinski definition) is 0. The van der Waals surface area contributed by atoms with Gasteiger partial charge in [-0.15, -0.1) is 0 Å². The molecule has 0 aliphatic rings. The zero-order valence-electron chi connectivity index (χ0n) is 12.7. The third-order valence-corrected chi connectivity index (χ3v) is 3.38. The zero-order valence-corrected chi connectivity index (χ0v) is 12.7. The molecule has 3 aromatic rings. The molecule has 0 radical (unpaired) electrons. The quantitative estimate of drug-likeness (QED) is 0.392. The van der Waals surface area contributed by atoms with Crippen LogP contribution in [0.25, 0.3) is 17.2 Å². The average molecular weight is 304 g/mol. The SMILES string of the molecule is Cc1ccc(-c2ccc(OC(=O)/C=C/c3ccco3)cc2)cc1. The van der Waals surface area contributed by atoms with Crippen LogP contribution in [0.2, 0.25) is 0 Å². The fraction of sp³-hybridized carbons (Fsp3) is 0.0500. The first-order valence-corrected chi connectivity index (χ1v) is 7.31. The Kier molecular flexibility index (Phi) is 4.39. The van der Waals surface area contributed by atoms with E-state index in [0.29, 0.717) is 11.5 Å². The van der Waals surface area contributed by atoms with Crippen LogP contribution in [0.5, 0.6) is 5.75 Å². The van der Waals surface area contributed by atoms with E-state index in [2.05, 4.69) is 31.2 Å². The van der Waals surface area contributed by atoms with Gasteiger partial charge in [0, 0.05) is 6.08 Å². The van der Waals surface area contributed by atoms with Crippen LogP contribution in [-0.2, 0) is 4.79 Å². The monoisotopic (exact) mass is 304 g/mol. The number of carbonyl (C=O) groups is 1. The minimum atomic E-state index is -0.440. The molecule has 0 spiro atoms. The van der Waals surface area contributed by atoms with Gasteiger partial charge in [-0.05, 0) is 48.4 Å². The summed E-state index contributed by atoms with van der Waals surface area (Å²) in [4.78, 5) is 11.7. The van der Waals surface area contributed by atoms with Crippen molar-refractivity contribution in [3.05, 3.63) is 84.3 Å². The van der Waals surface area contributed by atoms with E-state index >= 15 is 0 Å². The third-order valence-electron chi connectivity index (χ3n) is 3.38. The van der Waals surface area contributed by atoms with Gasteiger partial charge in [0.1, 0.15) is 11.5 Å². The Bertz CT molecular complexity index is 795. The van der Waals surface area contributed by atoms with Crippen LogP contribution >= 0.6 is 0 Å². The van der Waals surface area contributed by atoms with Crippen molar-refractivity contribution >= 4 is 12.0 Å². The Balaban J connectivity index is 1.65. The minimum absolute atomic E-state index is 0.440. The number of aryl methyl sites for hydroxylation is 1. The summed E-state index contributed by atoms with van der Waals surface area (Å²) in [5, 5.41) is 0. The van der Waals surface area contributed by atoms with Crippen molar-refractivity contribution in [2.75, 3.05) is 0 Å².